The molecule has 0 saturated heterocycles. The summed E-state index contributed by atoms with van der Waals surface area (Å²) in [4.78, 5) is 7.98. The summed E-state index contributed by atoms with van der Waals surface area (Å²) in [6, 6.07) is 0. The molecule has 3 heteroatoms. The Balaban J connectivity index is 3.19. The molecular formula is C5H8N2O. The minimum absolute atomic E-state index is 1.22. The summed E-state index contributed by atoms with van der Waals surface area (Å²) in [6.07, 6.45) is 4.12. The predicted molar refractivity (Wildman–Crippen MR) is 33.9 cm³/mol. The number of aliphatic imine (C=N–C) groups is 1. The minimum Gasteiger partial charge on any atom is -0.364 e. The van der Waals surface area contributed by atoms with E-state index < -0.39 is 0 Å². The van der Waals surface area contributed by atoms with Gasteiger partial charge in [-0.3, -0.25) is 0 Å². The van der Waals surface area contributed by atoms with Gasteiger partial charge in [-0.15, -0.1) is 0 Å². The molecule has 0 rings (SSSR count). The highest BCUT2D eigenvalue weighted by atomic mass is 16.6. The summed E-state index contributed by atoms with van der Waals surface area (Å²) in [7, 11) is 0. The lowest BCUT2D eigenvalue weighted by Crippen LogP contribution is -1.67. The summed E-state index contributed by atoms with van der Waals surface area (Å²) in [5, 5.41) is 3.34. The Morgan fingerprint density at radius 1 is 1.62 bits per heavy atom. The molecule has 0 unspecified atom stereocenters. The van der Waals surface area contributed by atoms with Crippen molar-refractivity contribution in [3.63, 3.8) is 0 Å². The number of hydrogen-bond acceptors (Lipinski definition) is 2. The third-order valence-electron chi connectivity index (χ3n) is 0.398. The van der Waals surface area contributed by atoms with E-state index in [4.69, 9.17) is 0 Å². The van der Waals surface area contributed by atoms with Crippen molar-refractivity contribution in [2.75, 3.05) is 0 Å². The first kappa shape index (κ1) is 6.88. The van der Waals surface area contributed by atoms with Gasteiger partial charge in [0.15, 0.2) is 6.34 Å². The van der Waals surface area contributed by atoms with E-state index in [0.29, 0.717) is 0 Å². The highest BCUT2D eigenvalue weighted by Gasteiger charge is 1.59. The average Bonchev–Trinajstić information content (AvgIpc) is 1.81. The molecule has 0 spiro atoms. The molecule has 0 aliphatic carbocycles. The third-order valence-corrected chi connectivity index (χ3v) is 0.398. The Morgan fingerprint density at radius 3 is 2.88 bits per heavy atom. The van der Waals surface area contributed by atoms with Gasteiger partial charge >= 0.3 is 0 Å². The van der Waals surface area contributed by atoms with E-state index >= 15 is 0 Å². The van der Waals surface area contributed by atoms with Crippen LogP contribution in [-0.2, 0) is 4.84 Å². The molecule has 0 bridgehead atoms. The molecule has 3 nitrogen and oxygen atoms in total. The summed E-state index contributed by atoms with van der Waals surface area (Å²) in [6.45, 7) is 5.06. The van der Waals surface area contributed by atoms with Crippen molar-refractivity contribution < 1.29 is 4.84 Å². The topological polar surface area (TPSA) is 34.0 Å². The van der Waals surface area contributed by atoms with E-state index in [1.165, 1.54) is 12.6 Å². The quantitative estimate of drug-likeness (QED) is 0.233. The highest BCUT2D eigenvalue weighted by Crippen LogP contribution is 1.70. The Labute approximate surface area is 48.4 Å². The van der Waals surface area contributed by atoms with Crippen LogP contribution in [0.15, 0.2) is 23.0 Å². The Bertz CT molecular complexity index is 107. The van der Waals surface area contributed by atoms with Gasteiger partial charge in [0.2, 0.25) is 0 Å². The van der Waals surface area contributed by atoms with Gasteiger partial charge in [0, 0.05) is 6.21 Å². The zero-order valence-electron chi connectivity index (χ0n) is 4.74. The fraction of sp³-hybridized carbons (Fsp3) is 0.200. The Kier molecular flexibility index (Phi) is 5.06. The van der Waals surface area contributed by atoms with Crippen LogP contribution in [0.5, 0.6) is 0 Å². The smallest absolute Gasteiger partial charge is 0.154 e. The van der Waals surface area contributed by atoms with Crippen molar-refractivity contribution in [2.45, 2.75) is 6.92 Å². The van der Waals surface area contributed by atoms with E-state index in [0.717, 1.165) is 0 Å². The molecule has 0 aliphatic heterocycles. The lowest BCUT2D eigenvalue weighted by Gasteiger charge is -1.79. The number of rotatable bonds is 3. The largest absolute Gasteiger partial charge is 0.364 e. The van der Waals surface area contributed by atoms with E-state index in [2.05, 4.69) is 21.6 Å². The molecule has 8 heavy (non-hydrogen) atoms. The highest BCUT2D eigenvalue weighted by molar-refractivity contribution is 5.69. The normalized spacial score (nSPS) is 10.6. The van der Waals surface area contributed by atoms with Crippen LogP contribution in [0, 0.1) is 0 Å². The number of hydrogen-bond donors (Lipinski definition) is 0. The van der Waals surface area contributed by atoms with Crippen LogP contribution in [0.1, 0.15) is 6.92 Å². The van der Waals surface area contributed by atoms with Crippen molar-refractivity contribution in [1.29, 1.82) is 0 Å². The van der Waals surface area contributed by atoms with Gasteiger partial charge in [-0.2, -0.15) is 0 Å². The first-order chi connectivity index (χ1) is 3.91. The summed E-state index contributed by atoms with van der Waals surface area (Å²) in [5.74, 6) is 0. The fourth-order valence-corrected chi connectivity index (χ4v) is 0.164. The van der Waals surface area contributed by atoms with Gasteiger partial charge < -0.3 is 4.84 Å². The van der Waals surface area contributed by atoms with E-state index in [-0.39, 0.29) is 0 Å². The first-order valence-electron chi connectivity index (χ1n) is 2.18. The number of oxime groups is 1. The molecule has 0 atom stereocenters. The van der Waals surface area contributed by atoms with Crippen LogP contribution in [0.2, 0.25) is 0 Å². The standard InChI is InChI=1S/C5H8N2O/c1-3-6-5-7-8-4-2/h3-5H,2H2,1H3/b6-3?,7-5-. The van der Waals surface area contributed by atoms with Crippen LogP contribution < -0.4 is 0 Å². The summed E-state index contributed by atoms with van der Waals surface area (Å²) in [5.41, 5.74) is 0. The predicted octanol–water partition coefficient (Wildman–Crippen LogP) is 1.18. The van der Waals surface area contributed by atoms with Crippen molar-refractivity contribution in [2.24, 2.45) is 10.1 Å². The zero-order valence-corrected chi connectivity index (χ0v) is 4.74. The molecule has 0 radical (unpaired) electrons. The van der Waals surface area contributed by atoms with Gasteiger partial charge in [0.05, 0.1) is 0 Å². The second-order valence-electron chi connectivity index (χ2n) is 0.900. The maximum Gasteiger partial charge on any atom is 0.154 e. The number of nitrogens with zero attached hydrogens (tertiary/aromatic N) is 2. The van der Waals surface area contributed by atoms with Gasteiger partial charge in [-0.25, -0.2) is 4.99 Å². The van der Waals surface area contributed by atoms with Gasteiger partial charge in [-0.1, -0.05) is 11.7 Å². The maximum atomic E-state index is 4.36. The Morgan fingerprint density at radius 2 is 2.38 bits per heavy atom. The summed E-state index contributed by atoms with van der Waals surface area (Å²) >= 11 is 0. The molecule has 0 aromatic carbocycles. The second kappa shape index (κ2) is 5.88. The average molecular weight is 112 g/mol. The zero-order chi connectivity index (χ0) is 6.24. The fourth-order valence-electron chi connectivity index (χ4n) is 0.164. The molecule has 0 aliphatic rings. The molecule has 0 amide bonds. The van der Waals surface area contributed by atoms with Gasteiger partial charge in [-0.05, 0) is 6.92 Å². The minimum atomic E-state index is 1.22. The maximum absolute atomic E-state index is 4.36. The van der Waals surface area contributed by atoms with E-state index in [9.17, 15) is 0 Å². The van der Waals surface area contributed by atoms with Gasteiger partial charge in [0.1, 0.15) is 6.26 Å². The summed E-state index contributed by atoms with van der Waals surface area (Å²) < 4.78 is 0. The lowest BCUT2D eigenvalue weighted by molar-refractivity contribution is 0.271. The molecule has 0 fully saturated rings. The van der Waals surface area contributed by atoms with E-state index in [1.807, 2.05) is 0 Å². The second-order valence-corrected chi connectivity index (χ2v) is 0.900. The van der Waals surface area contributed by atoms with Crippen LogP contribution >= 0.6 is 0 Å². The van der Waals surface area contributed by atoms with Crippen molar-refractivity contribution in [3.05, 3.63) is 12.8 Å². The molecular weight excluding hydrogens is 104 g/mol. The third kappa shape index (κ3) is 4.88. The molecule has 0 N–H and O–H groups in total. The molecule has 0 aromatic rings. The molecule has 0 heterocycles. The lowest BCUT2D eigenvalue weighted by atomic mass is 10.9. The van der Waals surface area contributed by atoms with Crippen LogP contribution in [0.4, 0.5) is 0 Å². The van der Waals surface area contributed by atoms with Gasteiger partial charge in [0.25, 0.3) is 0 Å². The Hall–Kier alpha value is -1.12. The van der Waals surface area contributed by atoms with E-state index in [1.54, 1.807) is 13.1 Å². The molecule has 0 saturated carbocycles. The van der Waals surface area contributed by atoms with Crippen molar-refractivity contribution in [3.8, 4) is 0 Å². The van der Waals surface area contributed by atoms with Crippen molar-refractivity contribution >= 4 is 12.6 Å². The van der Waals surface area contributed by atoms with Crippen LogP contribution in [-0.4, -0.2) is 12.6 Å². The molecule has 0 aromatic heterocycles. The first-order valence-corrected chi connectivity index (χ1v) is 2.18. The molecule has 44 valence electrons. The monoisotopic (exact) mass is 112 g/mol. The van der Waals surface area contributed by atoms with Crippen molar-refractivity contribution in [1.82, 2.24) is 0 Å². The van der Waals surface area contributed by atoms with Crippen LogP contribution in [0.25, 0.3) is 0 Å². The van der Waals surface area contributed by atoms with Crippen LogP contribution in [0.3, 0.4) is 0 Å². The SMILES string of the molecule is C=CO/N=C\N=CC.